The predicted octanol–water partition coefficient (Wildman–Crippen LogP) is 3.40. The number of benzene rings is 1. The van der Waals surface area contributed by atoms with Crippen LogP contribution in [0, 0.1) is 0 Å². The Morgan fingerprint density at radius 1 is 1.06 bits per heavy atom. The Morgan fingerprint density at radius 3 is 2.31 bits per heavy atom. The maximum Gasteiger partial charge on any atom is 0.181 e. The van der Waals surface area contributed by atoms with E-state index in [0.29, 0.717) is 5.56 Å². The molecule has 1 atom stereocenters. The lowest BCUT2D eigenvalue weighted by atomic mass is 10.0. The molecule has 0 N–H and O–H groups in total. The third-order valence-corrected chi connectivity index (χ3v) is 3.23. The number of alkyl halides is 1. The standard InChI is InChI=1S/C13H10BrNO/c14-12(10-4-2-1-3-5-10)13(16)11-6-8-15-9-7-11/h1-9,12H. The van der Waals surface area contributed by atoms with E-state index in [1.807, 2.05) is 30.3 Å². The molecule has 0 fully saturated rings. The van der Waals surface area contributed by atoms with Crippen LogP contribution in [0.2, 0.25) is 0 Å². The normalized spacial score (nSPS) is 12.1. The van der Waals surface area contributed by atoms with Crippen molar-refractivity contribution in [3.8, 4) is 0 Å². The van der Waals surface area contributed by atoms with Crippen LogP contribution >= 0.6 is 15.9 Å². The molecular formula is C13H10BrNO. The summed E-state index contributed by atoms with van der Waals surface area (Å²) in [5, 5.41) is 0. The highest BCUT2D eigenvalue weighted by atomic mass is 79.9. The minimum absolute atomic E-state index is 0.0496. The van der Waals surface area contributed by atoms with Gasteiger partial charge < -0.3 is 0 Å². The van der Waals surface area contributed by atoms with Crippen LogP contribution in [0.25, 0.3) is 0 Å². The Bertz CT molecular complexity index is 470. The van der Waals surface area contributed by atoms with Crippen molar-refractivity contribution in [2.45, 2.75) is 4.83 Å². The maximum absolute atomic E-state index is 12.1. The second kappa shape index (κ2) is 5.03. The average Bonchev–Trinajstić information content (AvgIpc) is 2.39. The first-order valence-corrected chi connectivity index (χ1v) is 5.84. The second-order valence-electron chi connectivity index (χ2n) is 3.37. The Hall–Kier alpha value is -1.48. The van der Waals surface area contributed by atoms with Gasteiger partial charge in [0.25, 0.3) is 0 Å². The minimum Gasteiger partial charge on any atom is -0.293 e. The maximum atomic E-state index is 12.1. The summed E-state index contributed by atoms with van der Waals surface area (Å²) in [6, 6.07) is 13.1. The molecule has 0 aliphatic carbocycles. The van der Waals surface area contributed by atoms with Gasteiger partial charge in [0.1, 0.15) is 4.83 Å². The molecule has 3 heteroatoms. The summed E-state index contributed by atoms with van der Waals surface area (Å²) in [7, 11) is 0. The third-order valence-electron chi connectivity index (χ3n) is 2.29. The fourth-order valence-corrected chi connectivity index (χ4v) is 2.01. The van der Waals surface area contributed by atoms with Gasteiger partial charge in [-0.3, -0.25) is 9.78 Å². The molecule has 2 nitrogen and oxygen atoms in total. The van der Waals surface area contributed by atoms with Crippen molar-refractivity contribution in [3.05, 3.63) is 66.0 Å². The number of ketones is 1. The number of Topliss-reactive ketones (excluding diaryl/α,β-unsaturated/α-hetero) is 1. The summed E-state index contributed by atoms with van der Waals surface area (Å²) in [6.07, 6.45) is 3.25. The first-order chi connectivity index (χ1) is 7.79. The van der Waals surface area contributed by atoms with E-state index in [0.717, 1.165) is 5.56 Å². The number of pyridine rings is 1. The zero-order valence-corrected chi connectivity index (χ0v) is 10.1. The van der Waals surface area contributed by atoms with Gasteiger partial charge in [-0.2, -0.15) is 0 Å². The molecule has 16 heavy (non-hydrogen) atoms. The zero-order valence-electron chi connectivity index (χ0n) is 8.51. The Kier molecular flexibility index (Phi) is 3.47. The summed E-state index contributed by atoms with van der Waals surface area (Å²) in [5.41, 5.74) is 1.63. The van der Waals surface area contributed by atoms with Gasteiger partial charge in [0.15, 0.2) is 5.78 Å². The number of rotatable bonds is 3. The molecule has 0 aliphatic heterocycles. The molecule has 0 aliphatic rings. The summed E-state index contributed by atoms with van der Waals surface area (Å²) in [5.74, 6) is 0.0496. The molecule has 1 aromatic carbocycles. The van der Waals surface area contributed by atoms with Crippen molar-refractivity contribution in [2.75, 3.05) is 0 Å². The van der Waals surface area contributed by atoms with Crippen molar-refractivity contribution in [2.24, 2.45) is 0 Å². The molecule has 1 heterocycles. The van der Waals surface area contributed by atoms with E-state index in [2.05, 4.69) is 20.9 Å². The Balaban J connectivity index is 2.24. The Morgan fingerprint density at radius 2 is 1.69 bits per heavy atom. The molecule has 0 saturated heterocycles. The van der Waals surface area contributed by atoms with E-state index in [4.69, 9.17) is 0 Å². The number of hydrogen-bond donors (Lipinski definition) is 0. The lowest BCUT2D eigenvalue weighted by Crippen LogP contribution is -2.06. The molecule has 0 radical (unpaired) electrons. The van der Waals surface area contributed by atoms with E-state index in [9.17, 15) is 4.79 Å². The molecule has 0 bridgehead atoms. The number of halogens is 1. The van der Waals surface area contributed by atoms with Crippen LogP contribution in [0.1, 0.15) is 20.7 Å². The van der Waals surface area contributed by atoms with Gasteiger partial charge in [-0.1, -0.05) is 46.3 Å². The van der Waals surface area contributed by atoms with E-state index >= 15 is 0 Å². The van der Waals surface area contributed by atoms with Crippen LogP contribution in [-0.4, -0.2) is 10.8 Å². The van der Waals surface area contributed by atoms with Crippen LogP contribution < -0.4 is 0 Å². The van der Waals surface area contributed by atoms with Crippen molar-refractivity contribution in [3.63, 3.8) is 0 Å². The molecule has 1 unspecified atom stereocenters. The second-order valence-corrected chi connectivity index (χ2v) is 4.29. The van der Waals surface area contributed by atoms with Crippen LogP contribution in [0.4, 0.5) is 0 Å². The highest BCUT2D eigenvalue weighted by Gasteiger charge is 2.18. The SMILES string of the molecule is O=C(c1ccncc1)C(Br)c1ccccc1. The van der Waals surface area contributed by atoms with E-state index in [1.165, 1.54) is 0 Å². The molecule has 2 rings (SSSR count). The van der Waals surface area contributed by atoms with Crippen molar-refractivity contribution < 1.29 is 4.79 Å². The molecule has 0 spiro atoms. The van der Waals surface area contributed by atoms with Gasteiger partial charge in [-0.15, -0.1) is 0 Å². The summed E-state index contributed by atoms with van der Waals surface area (Å²) in [4.78, 5) is 15.7. The van der Waals surface area contributed by atoms with Crippen LogP contribution in [0.3, 0.4) is 0 Å². The van der Waals surface area contributed by atoms with Crippen molar-refractivity contribution in [1.82, 2.24) is 4.98 Å². The summed E-state index contributed by atoms with van der Waals surface area (Å²) >= 11 is 3.42. The predicted molar refractivity (Wildman–Crippen MR) is 66.7 cm³/mol. The highest BCUT2D eigenvalue weighted by molar-refractivity contribution is 9.09. The van der Waals surface area contributed by atoms with Crippen molar-refractivity contribution in [1.29, 1.82) is 0 Å². The van der Waals surface area contributed by atoms with Crippen LogP contribution in [-0.2, 0) is 0 Å². The Labute approximate surface area is 102 Å². The molecule has 2 aromatic rings. The van der Waals surface area contributed by atoms with Gasteiger partial charge in [0.05, 0.1) is 0 Å². The number of carbonyl (C=O) groups is 1. The zero-order chi connectivity index (χ0) is 11.4. The molecule has 0 saturated carbocycles. The largest absolute Gasteiger partial charge is 0.293 e. The average molecular weight is 276 g/mol. The number of carbonyl (C=O) groups excluding carboxylic acids is 1. The monoisotopic (exact) mass is 275 g/mol. The quantitative estimate of drug-likeness (QED) is 0.635. The first kappa shape index (κ1) is 11.0. The van der Waals surface area contributed by atoms with E-state index < -0.39 is 0 Å². The third kappa shape index (κ3) is 2.36. The summed E-state index contributed by atoms with van der Waals surface area (Å²) < 4.78 is 0. The first-order valence-electron chi connectivity index (χ1n) is 4.92. The number of aromatic nitrogens is 1. The van der Waals surface area contributed by atoms with Gasteiger partial charge >= 0.3 is 0 Å². The van der Waals surface area contributed by atoms with Gasteiger partial charge in [0, 0.05) is 18.0 Å². The minimum atomic E-state index is -0.295. The van der Waals surface area contributed by atoms with E-state index in [1.54, 1.807) is 24.5 Å². The molecule has 0 amide bonds. The topological polar surface area (TPSA) is 30.0 Å². The number of hydrogen-bond acceptors (Lipinski definition) is 2. The van der Waals surface area contributed by atoms with Gasteiger partial charge in [-0.25, -0.2) is 0 Å². The van der Waals surface area contributed by atoms with Gasteiger partial charge in [0.2, 0.25) is 0 Å². The van der Waals surface area contributed by atoms with Gasteiger partial charge in [-0.05, 0) is 17.7 Å². The molecule has 80 valence electrons. The fourth-order valence-electron chi connectivity index (χ4n) is 1.44. The fraction of sp³-hybridized carbons (Fsp3) is 0.0769. The summed E-state index contributed by atoms with van der Waals surface area (Å²) in [6.45, 7) is 0. The van der Waals surface area contributed by atoms with Crippen molar-refractivity contribution >= 4 is 21.7 Å². The number of nitrogens with zero attached hydrogens (tertiary/aromatic N) is 1. The molecular weight excluding hydrogens is 266 g/mol. The lowest BCUT2D eigenvalue weighted by molar-refractivity contribution is 0.0991. The van der Waals surface area contributed by atoms with E-state index in [-0.39, 0.29) is 10.6 Å². The molecule has 1 aromatic heterocycles. The van der Waals surface area contributed by atoms with Crippen LogP contribution in [0.5, 0.6) is 0 Å². The lowest BCUT2D eigenvalue weighted by Gasteiger charge is -2.08. The van der Waals surface area contributed by atoms with Crippen LogP contribution in [0.15, 0.2) is 54.9 Å². The highest BCUT2D eigenvalue weighted by Crippen LogP contribution is 2.26. The smallest absolute Gasteiger partial charge is 0.181 e.